The molecule has 0 aromatic carbocycles. The maximum absolute atomic E-state index is 13.5. The number of hydrogen-bond acceptors (Lipinski definition) is 6. The van der Waals surface area contributed by atoms with Crippen LogP contribution in [0.3, 0.4) is 0 Å². The van der Waals surface area contributed by atoms with Crippen molar-refractivity contribution < 1.29 is 13.6 Å². The highest BCUT2D eigenvalue weighted by Crippen LogP contribution is 2.28. The molecule has 7 nitrogen and oxygen atoms in total. The van der Waals surface area contributed by atoms with Gasteiger partial charge in [-0.15, -0.1) is 0 Å². The molecule has 0 radical (unpaired) electrons. The average Bonchev–Trinajstić information content (AvgIpc) is 2.79. The summed E-state index contributed by atoms with van der Waals surface area (Å²) in [6, 6.07) is 8.03. The number of nitrogens with one attached hydrogen (secondary N) is 2. The van der Waals surface area contributed by atoms with Gasteiger partial charge in [0.2, 0.25) is 0 Å². The highest BCUT2D eigenvalue weighted by atomic mass is 19.3. The molecule has 4 heterocycles. The van der Waals surface area contributed by atoms with Crippen LogP contribution in [0.1, 0.15) is 28.7 Å². The largest absolute Gasteiger partial charge is 0.373 e. The highest BCUT2D eigenvalue weighted by Gasteiger charge is 2.27. The number of carbonyl (C=O) groups excluding carboxylic acids is 1. The van der Waals surface area contributed by atoms with Gasteiger partial charge in [-0.2, -0.15) is 8.78 Å². The van der Waals surface area contributed by atoms with Gasteiger partial charge >= 0.3 is 0 Å². The second-order valence-corrected chi connectivity index (χ2v) is 7.37. The zero-order chi connectivity index (χ0) is 22.9. The molecular weight excluding hydrogens is 414 g/mol. The fraction of sp³-hybridized carbons (Fsp3) is 0.174. The maximum atomic E-state index is 13.5. The number of pyridine rings is 4. The van der Waals surface area contributed by atoms with Crippen LogP contribution in [-0.2, 0) is 5.92 Å². The number of alkyl halides is 2. The molecule has 32 heavy (non-hydrogen) atoms. The normalized spacial score (nSPS) is 11.4. The Morgan fingerprint density at radius 1 is 1.00 bits per heavy atom. The summed E-state index contributed by atoms with van der Waals surface area (Å²) in [5.74, 6) is -2.95. The molecule has 4 rings (SSSR count). The Hall–Kier alpha value is -4.01. The Morgan fingerprint density at radius 3 is 2.56 bits per heavy atom. The van der Waals surface area contributed by atoms with Crippen LogP contribution in [0.5, 0.6) is 0 Å². The molecule has 0 aliphatic carbocycles. The molecule has 0 saturated heterocycles. The number of carbonyl (C=O) groups is 1. The molecule has 2 N–H and O–H groups in total. The quantitative estimate of drug-likeness (QED) is 0.469. The van der Waals surface area contributed by atoms with Gasteiger partial charge in [0.25, 0.3) is 11.8 Å². The number of rotatable bonds is 5. The van der Waals surface area contributed by atoms with E-state index in [-0.39, 0.29) is 5.56 Å². The second-order valence-electron chi connectivity index (χ2n) is 7.37. The van der Waals surface area contributed by atoms with E-state index in [1.54, 1.807) is 25.5 Å². The Bertz CT molecular complexity index is 1320. The van der Waals surface area contributed by atoms with E-state index < -0.39 is 17.5 Å². The van der Waals surface area contributed by atoms with Crippen LogP contribution in [0.15, 0.2) is 55.1 Å². The predicted molar refractivity (Wildman–Crippen MR) is 119 cm³/mol. The molecule has 0 saturated carbocycles. The number of aromatic nitrogens is 4. The highest BCUT2D eigenvalue weighted by molar-refractivity contribution is 6.04. The molecule has 0 fully saturated rings. The van der Waals surface area contributed by atoms with E-state index in [1.165, 1.54) is 18.5 Å². The van der Waals surface area contributed by atoms with E-state index in [2.05, 4.69) is 30.6 Å². The van der Waals surface area contributed by atoms with Gasteiger partial charge in [-0.25, -0.2) is 4.98 Å². The third kappa shape index (κ3) is 4.36. The smallest absolute Gasteiger partial charge is 0.286 e. The van der Waals surface area contributed by atoms with Crippen LogP contribution < -0.4 is 10.6 Å². The molecule has 0 bridgehead atoms. The minimum Gasteiger partial charge on any atom is -0.373 e. The summed E-state index contributed by atoms with van der Waals surface area (Å²) < 4.78 is 27.1. The van der Waals surface area contributed by atoms with Crippen molar-refractivity contribution in [1.82, 2.24) is 19.9 Å². The predicted octanol–water partition coefficient (Wildman–Crippen LogP) is 4.80. The summed E-state index contributed by atoms with van der Waals surface area (Å²) in [5.41, 5.74) is 3.19. The van der Waals surface area contributed by atoms with Gasteiger partial charge in [-0.05, 0) is 31.2 Å². The van der Waals surface area contributed by atoms with Crippen molar-refractivity contribution in [3.63, 3.8) is 0 Å². The molecule has 0 aliphatic rings. The van der Waals surface area contributed by atoms with Crippen LogP contribution in [0.4, 0.5) is 20.3 Å². The minimum atomic E-state index is -3.14. The van der Waals surface area contributed by atoms with Crippen molar-refractivity contribution in [3.8, 4) is 11.1 Å². The van der Waals surface area contributed by atoms with E-state index in [0.29, 0.717) is 5.69 Å². The van der Waals surface area contributed by atoms with Crippen LogP contribution >= 0.6 is 0 Å². The van der Waals surface area contributed by atoms with Crippen molar-refractivity contribution in [2.75, 3.05) is 17.7 Å². The van der Waals surface area contributed by atoms with Crippen molar-refractivity contribution in [1.29, 1.82) is 0 Å². The Kier molecular flexibility index (Phi) is 5.48. The van der Waals surface area contributed by atoms with Crippen LogP contribution in [-0.4, -0.2) is 32.9 Å². The summed E-state index contributed by atoms with van der Waals surface area (Å²) in [4.78, 5) is 29.5. The average molecular weight is 434 g/mol. The number of amides is 1. The first-order chi connectivity index (χ1) is 15.2. The van der Waals surface area contributed by atoms with E-state index in [0.717, 1.165) is 46.5 Å². The zero-order valence-electron chi connectivity index (χ0n) is 17.6. The number of aryl methyl sites for hydroxylation is 1. The van der Waals surface area contributed by atoms with Crippen LogP contribution in [0.2, 0.25) is 0 Å². The lowest BCUT2D eigenvalue weighted by Gasteiger charge is -2.12. The first-order valence-corrected chi connectivity index (χ1v) is 9.81. The lowest BCUT2D eigenvalue weighted by atomic mass is 10.0. The molecular formula is C23H20F2N6O. The molecule has 0 spiro atoms. The first-order valence-electron chi connectivity index (χ1n) is 9.81. The van der Waals surface area contributed by atoms with Crippen LogP contribution in [0, 0.1) is 6.92 Å². The maximum Gasteiger partial charge on any atom is 0.286 e. The topological polar surface area (TPSA) is 92.7 Å². The molecule has 0 unspecified atom stereocenters. The monoisotopic (exact) mass is 434 g/mol. The van der Waals surface area contributed by atoms with Gasteiger partial charge in [0.05, 0.1) is 17.4 Å². The molecule has 4 aromatic heterocycles. The van der Waals surface area contributed by atoms with Gasteiger partial charge < -0.3 is 10.6 Å². The van der Waals surface area contributed by atoms with Gasteiger partial charge in [0.1, 0.15) is 11.5 Å². The van der Waals surface area contributed by atoms with Crippen molar-refractivity contribution in [2.45, 2.75) is 19.8 Å². The van der Waals surface area contributed by atoms with Gasteiger partial charge in [0, 0.05) is 66.4 Å². The first kappa shape index (κ1) is 21.2. The standard InChI is InChI=1S/C23H20F2N6O/c1-13-18(15-6-16-11-30-21(26-3)9-19(16)29-10-15)8-17(12-28-13)31-22(32)14-4-5-27-20(7-14)23(2,24)25/h4-12H,1-3H3,(H,26,30)(H,31,32). The van der Waals surface area contributed by atoms with Crippen molar-refractivity contribution in [3.05, 3.63) is 72.1 Å². The third-order valence-corrected chi connectivity index (χ3v) is 4.95. The zero-order valence-corrected chi connectivity index (χ0v) is 17.6. The number of fused-ring (bicyclic) bond motifs is 1. The minimum absolute atomic E-state index is 0.0810. The van der Waals surface area contributed by atoms with E-state index in [9.17, 15) is 13.6 Å². The Balaban J connectivity index is 1.63. The van der Waals surface area contributed by atoms with Crippen molar-refractivity contribution >= 4 is 28.3 Å². The molecule has 0 aliphatic heterocycles. The summed E-state index contributed by atoms with van der Waals surface area (Å²) in [5, 5.41) is 6.55. The summed E-state index contributed by atoms with van der Waals surface area (Å²) in [6.45, 7) is 2.59. The van der Waals surface area contributed by atoms with E-state index >= 15 is 0 Å². The van der Waals surface area contributed by atoms with Crippen molar-refractivity contribution in [2.24, 2.45) is 0 Å². The summed E-state index contributed by atoms with van der Waals surface area (Å²) in [6.07, 6.45) is 6.17. The summed E-state index contributed by atoms with van der Waals surface area (Å²) >= 11 is 0. The van der Waals surface area contributed by atoms with Gasteiger partial charge in [0.15, 0.2) is 0 Å². The molecule has 0 atom stereocenters. The fourth-order valence-corrected chi connectivity index (χ4v) is 3.22. The van der Waals surface area contributed by atoms with Gasteiger partial charge in [-0.3, -0.25) is 19.7 Å². The third-order valence-electron chi connectivity index (χ3n) is 4.95. The van der Waals surface area contributed by atoms with E-state index in [4.69, 9.17) is 0 Å². The molecule has 9 heteroatoms. The Labute approximate surface area is 183 Å². The lowest BCUT2D eigenvalue weighted by Crippen LogP contribution is -2.16. The fourth-order valence-electron chi connectivity index (χ4n) is 3.22. The number of halogens is 2. The SMILES string of the molecule is CNc1cc2ncc(-c3cc(NC(=O)c4ccnc(C(C)(F)F)c4)cnc3C)cc2cn1. The molecule has 1 amide bonds. The second kappa shape index (κ2) is 8.26. The summed E-state index contributed by atoms with van der Waals surface area (Å²) in [7, 11) is 1.79. The molecule has 162 valence electrons. The van der Waals surface area contributed by atoms with Gasteiger partial charge in [-0.1, -0.05) is 0 Å². The number of hydrogen-bond donors (Lipinski definition) is 2. The Morgan fingerprint density at radius 2 is 1.81 bits per heavy atom. The number of anilines is 2. The number of nitrogens with zero attached hydrogens (tertiary/aromatic N) is 4. The van der Waals surface area contributed by atoms with Crippen LogP contribution in [0.25, 0.3) is 22.0 Å². The lowest BCUT2D eigenvalue weighted by molar-refractivity contribution is 0.0127. The molecule has 4 aromatic rings. The van der Waals surface area contributed by atoms with E-state index in [1.807, 2.05) is 19.1 Å².